The number of nitrogens with one attached hydrogen (secondary N) is 1. The predicted octanol–water partition coefficient (Wildman–Crippen LogP) is 2.97. The molecule has 1 aliphatic carbocycles. The highest BCUT2D eigenvalue weighted by atomic mass is 15.2. The number of nitrogens with zero attached hydrogens (tertiary/aromatic N) is 3. The van der Waals surface area contributed by atoms with Gasteiger partial charge in [-0.1, -0.05) is 20.3 Å². The number of fused-ring (bicyclic) bond motifs is 1. The molecule has 1 N–H and O–H groups in total. The van der Waals surface area contributed by atoms with E-state index in [0.717, 1.165) is 23.2 Å². The Bertz CT molecular complexity index is 533. The summed E-state index contributed by atoms with van der Waals surface area (Å²) >= 11 is 0. The molecule has 3 unspecified atom stereocenters. The van der Waals surface area contributed by atoms with Crippen molar-refractivity contribution in [2.24, 2.45) is 11.8 Å². The Morgan fingerprint density at radius 2 is 2.28 bits per heavy atom. The second kappa shape index (κ2) is 4.59. The minimum atomic E-state index is 0.545. The smallest absolute Gasteiger partial charge is 0.152 e. The van der Waals surface area contributed by atoms with Crippen LogP contribution in [-0.4, -0.2) is 20.6 Å². The molecule has 18 heavy (non-hydrogen) atoms. The van der Waals surface area contributed by atoms with Crippen molar-refractivity contribution in [2.75, 3.05) is 5.32 Å². The van der Waals surface area contributed by atoms with Crippen molar-refractivity contribution in [1.82, 2.24) is 14.6 Å². The van der Waals surface area contributed by atoms with Crippen LogP contribution in [0.15, 0.2) is 24.7 Å². The molecule has 0 saturated heterocycles. The first kappa shape index (κ1) is 11.5. The fourth-order valence-electron chi connectivity index (χ4n) is 3.17. The van der Waals surface area contributed by atoms with Gasteiger partial charge in [-0.25, -0.2) is 9.50 Å². The van der Waals surface area contributed by atoms with Crippen LogP contribution in [0, 0.1) is 11.8 Å². The predicted molar refractivity (Wildman–Crippen MR) is 72.6 cm³/mol. The molecule has 4 heteroatoms. The molecule has 3 rings (SSSR count). The van der Waals surface area contributed by atoms with Gasteiger partial charge >= 0.3 is 0 Å². The third kappa shape index (κ3) is 1.85. The van der Waals surface area contributed by atoms with Crippen molar-refractivity contribution >= 4 is 11.3 Å². The molecule has 1 saturated carbocycles. The number of hydrogen-bond acceptors (Lipinski definition) is 3. The second-order valence-electron chi connectivity index (χ2n) is 5.29. The molecule has 1 fully saturated rings. The van der Waals surface area contributed by atoms with Gasteiger partial charge in [0.2, 0.25) is 0 Å². The molecule has 1 aliphatic rings. The summed E-state index contributed by atoms with van der Waals surface area (Å²) in [6.07, 6.45) is 9.36. The number of aromatic nitrogens is 3. The Morgan fingerprint density at radius 3 is 3.06 bits per heavy atom. The highest BCUT2D eigenvalue weighted by molar-refractivity contribution is 5.67. The highest BCUT2D eigenvalue weighted by Crippen LogP contribution is 2.35. The molecule has 2 heterocycles. The monoisotopic (exact) mass is 244 g/mol. The molecule has 0 aliphatic heterocycles. The van der Waals surface area contributed by atoms with E-state index < -0.39 is 0 Å². The van der Waals surface area contributed by atoms with Crippen LogP contribution in [0.1, 0.15) is 33.1 Å². The van der Waals surface area contributed by atoms with Gasteiger partial charge in [0, 0.05) is 18.4 Å². The Hall–Kier alpha value is -1.58. The van der Waals surface area contributed by atoms with E-state index in [1.807, 2.05) is 23.0 Å². The van der Waals surface area contributed by atoms with Crippen molar-refractivity contribution in [2.45, 2.75) is 39.2 Å². The first-order valence-electron chi connectivity index (χ1n) is 6.84. The van der Waals surface area contributed by atoms with Crippen LogP contribution in [0.3, 0.4) is 0 Å². The van der Waals surface area contributed by atoms with E-state index in [-0.39, 0.29) is 0 Å². The van der Waals surface area contributed by atoms with E-state index in [9.17, 15) is 0 Å². The summed E-state index contributed by atoms with van der Waals surface area (Å²) in [5.41, 5.74) is 1.06. The first-order chi connectivity index (χ1) is 8.79. The van der Waals surface area contributed by atoms with Gasteiger partial charge in [-0.05, 0) is 30.7 Å². The maximum atomic E-state index is 4.46. The standard InChI is InChI=1S/C14H20N4/c1-3-11-4-5-12(10(11)2)17-14-13-6-7-16-18(13)9-8-15-14/h6-12H,3-5H2,1-2H3,(H,15,17). The van der Waals surface area contributed by atoms with Crippen LogP contribution in [0.2, 0.25) is 0 Å². The lowest BCUT2D eigenvalue weighted by atomic mass is 9.93. The van der Waals surface area contributed by atoms with Gasteiger partial charge in [-0.2, -0.15) is 5.10 Å². The third-order valence-electron chi connectivity index (χ3n) is 4.40. The van der Waals surface area contributed by atoms with E-state index in [4.69, 9.17) is 0 Å². The van der Waals surface area contributed by atoms with E-state index in [1.54, 1.807) is 6.20 Å². The summed E-state index contributed by atoms with van der Waals surface area (Å²) < 4.78 is 1.87. The van der Waals surface area contributed by atoms with Gasteiger partial charge in [0.1, 0.15) is 5.52 Å². The fraction of sp³-hybridized carbons (Fsp3) is 0.571. The quantitative estimate of drug-likeness (QED) is 0.902. The average molecular weight is 244 g/mol. The third-order valence-corrected chi connectivity index (χ3v) is 4.40. The van der Waals surface area contributed by atoms with Gasteiger partial charge in [0.25, 0.3) is 0 Å². The molecule has 4 nitrogen and oxygen atoms in total. The number of anilines is 1. The van der Waals surface area contributed by atoms with Crippen molar-refractivity contribution in [3.05, 3.63) is 24.7 Å². The molecular formula is C14H20N4. The summed E-state index contributed by atoms with van der Waals surface area (Å²) in [6, 6.07) is 2.55. The first-order valence-corrected chi connectivity index (χ1v) is 6.84. The number of hydrogen-bond donors (Lipinski definition) is 1. The van der Waals surface area contributed by atoms with Crippen LogP contribution in [0.5, 0.6) is 0 Å². The molecule has 2 aromatic rings. The van der Waals surface area contributed by atoms with Crippen LogP contribution in [0.4, 0.5) is 5.82 Å². The zero-order valence-corrected chi connectivity index (χ0v) is 11.0. The Balaban J connectivity index is 1.83. The Labute approximate surface area is 107 Å². The topological polar surface area (TPSA) is 42.2 Å². The molecule has 0 aromatic carbocycles. The molecular weight excluding hydrogens is 224 g/mol. The van der Waals surface area contributed by atoms with E-state index in [0.29, 0.717) is 6.04 Å². The summed E-state index contributed by atoms with van der Waals surface area (Å²) in [4.78, 5) is 4.46. The van der Waals surface area contributed by atoms with Crippen LogP contribution in [0.25, 0.3) is 5.52 Å². The van der Waals surface area contributed by atoms with Gasteiger partial charge in [0.15, 0.2) is 5.82 Å². The van der Waals surface area contributed by atoms with Crippen LogP contribution in [-0.2, 0) is 0 Å². The molecule has 0 bridgehead atoms. The second-order valence-corrected chi connectivity index (χ2v) is 5.29. The zero-order chi connectivity index (χ0) is 12.5. The molecule has 0 amide bonds. The lowest BCUT2D eigenvalue weighted by Gasteiger charge is -2.21. The molecule has 96 valence electrons. The minimum Gasteiger partial charge on any atom is -0.365 e. The largest absolute Gasteiger partial charge is 0.365 e. The fourth-order valence-corrected chi connectivity index (χ4v) is 3.17. The lowest BCUT2D eigenvalue weighted by Crippen LogP contribution is -2.25. The maximum Gasteiger partial charge on any atom is 0.152 e. The highest BCUT2D eigenvalue weighted by Gasteiger charge is 2.31. The Morgan fingerprint density at radius 1 is 1.39 bits per heavy atom. The van der Waals surface area contributed by atoms with Crippen LogP contribution < -0.4 is 5.32 Å². The van der Waals surface area contributed by atoms with E-state index >= 15 is 0 Å². The van der Waals surface area contributed by atoms with E-state index in [1.165, 1.54) is 19.3 Å². The minimum absolute atomic E-state index is 0.545. The normalized spacial score (nSPS) is 27.8. The van der Waals surface area contributed by atoms with Crippen molar-refractivity contribution in [3.8, 4) is 0 Å². The van der Waals surface area contributed by atoms with Crippen molar-refractivity contribution in [3.63, 3.8) is 0 Å². The zero-order valence-electron chi connectivity index (χ0n) is 11.0. The maximum absolute atomic E-state index is 4.46. The average Bonchev–Trinajstić information content (AvgIpc) is 2.98. The molecule has 0 radical (unpaired) electrons. The summed E-state index contributed by atoms with van der Waals surface area (Å²) in [7, 11) is 0. The van der Waals surface area contributed by atoms with Crippen LogP contribution >= 0.6 is 0 Å². The number of rotatable bonds is 3. The summed E-state index contributed by atoms with van der Waals surface area (Å²) in [5.74, 6) is 2.54. The van der Waals surface area contributed by atoms with E-state index in [2.05, 4.69) is 29.2 Å². The van der Waals surface area contributed by atoms with Crippen molar-refractivity contribution < 1.29 is 0 Å². The van der Waals surface area contributed by atoms with Crippen molar-refractivity contribution in [1.29, 1.82) is 0 Å². The Kier molecular flexibility index (Phi) is 2.94. The van der Waals surface area contributed by atoms with Gasteiger partial charge in [0.05, 0.1) is 6.20 Å². The van der Waals surface area contributed by atoms with Gasteiger partial charge < -0.3 is 5.32 Å². The lowest BCUT2D eigenvalue weighted by molar-refractivity contribution is 0.391. The van der Waals surface area contributed by atoms with Gasteiger partial charge in [-0.15, -0.1) is 0 Å². The molecule has 0 spiro atoms. The summed E-state index contributed by atoms with van der Waals surface area (Å²) in [6.45, 7) is 4.65. The summed E-state index contributed by atoms with van der Waals surface area (Å²) in [5, 5.41) is 7.85. The SMILES string of the molecule is CCC1CCC(Nc2nccn3nccc23)C1C. The molecule has 3 atom stereocenters. The van der Waals surface area contributed by atoms with Gasteiger partial charge in [-0.3, -0.25) is 0 Å². The molecule has 2 aromatic heterocycles.